The Morgan fingerprint density at radius 1 is 1.14 bits per heavy atom. The summed E-state index contributed by atoms with van der Waals surface area (Å²) in [4.78, 5) is 12.1. The van der Waals surface area contributed by atoms with Crippen molar-refractivity contribution in [2.75, 3.05) is 32.9 Å². The fourth-order valence-electron chi connectivity index (χ4n) is 2.71. The van der Waals surface area contributed by atoms with Crippen molar-refractivity contribution >= 4 is 16.0 Å². The third-order valence-corrected chi connectivity index (χ3v) is 6.14. The van der Waals surface area contributed by atoms with E-state index < -0.39 is 16.0 Å². The first-order valence-electron chi connectivity index (χ1n) is 8.94. The molecule has 0 saturated carbocycles. The second kappa shape index (κ2) is 9.52. The van der Waals surface area contributed by atoms with Crippen molar-refractivity contribution in [3.05, 3.63) is 59.7 Å². The molecule has 0 spiro atoms. The predicted molar refractivity (Wildman–Crippen MR) is 102 cm³/mol. The van der Waals surface area contributed by atoms with E-state index in [1.54, 1.807) is 36.4 Å². The third-order valence-electron chi connectivity index (χ3n) is 4.25. The minimum atomic E-state index is -3.61. The number of carbonyl (C=O) groups is 1. The second-order valence-electron chi connectivity index (χ2n) is 6.25. The summed E-state index contributed by atoms with van der Waals surface area (Å²) in [6, 6.07) is 14.7. The molecule has 1 fully saturated rings. The molecule has 2 aromatic rings. The van der Waals surface area contributed by atoms with Gasteiger partial charge in [0.05, 0.1) is 29.7 Å². The Morgan fingerprint density at radius 3 is 2.55 bits per heavy atom. The van der Waals surface area contributed by atoms with Gasteiger partial charge >= 0.3 is 5.97 Å². The SMILES string of the molecule is N#Cc1ccc(OCC(=O)OCc2cccc(S(=O)(=O)N3CCOCC3)c2)cc1. The van der Waals surface area contributed by atoms with Gasteiger partial charge in [0, 0.05) is 13.1 Å². The van der Waals surface area contributed by atoms with Crippen LogP contribution >= 0.6 is 0 Å². The normalized spacial score (nSPS) is 14.7. The van der Waals surface area contributed by atoms with Crippen LogP contribution in [0, 0.1) is 11.3 Å². The van der Waals surface area contributed by atoms with Crippen molar-refractivity contribution in [2.24, 2.45) is 0 Å². The van der Waals surface area contributed by atoms with E-state index in [-0.39, 0.29) is 18.1 Å². The lowest BCUT2D eigenvalue weighted by atomic mass is 10.2. The molecular formula is C20H20N2O6S. The summed E-state index contributed by atoms with van der Waals surface area (Å²) in [6.07, 6.45) is 0. The maximum atomic E-state index is 12.7. The zero-order valence-corrected chi connectivity index (χ0v) is 16.4. The number of rotatable bonds is 7. The molecule has 2 aromatic carbocycles. The monoisotopic (exact) mass is 416 g/mol. The zero-order chi connectivity index (χ0) is 20.7. The molecule has 3 rings (SSSR count). The van der Waals surface area contributed by atoms with Crippen LogP contribution in [-0.2, 0) is 30.9 Å². The van der Waals surface area contributed by atoms with Gasteiger partial charge in [-0.15, -0.1) is 0 Å². The van der Waals surface area contributed by atoms with Crippen LogP contribution in [0.1, 0.15) is 11.1 Å². The molecule has 0 amide bonds. The molecule has 1 heterocycles. The molecule has 152 valence electrons. The minimum Gasteiger partial charge on any atom is -0.482 e. The smallest absolute Gasteiger partial charge is 0.344 e. The Morgan fingerprint density at radius 2 is 1.86 bits per heavy atom. The van der Waals surface area contributed by atoms with E-state index in [4.69, 9.17) is 19.5 Å². The van der Waals surface area contributed by atoms with E-state index in [9.17, 15) is 13.2 Å². The number of ether oxygens (including phenoxy) is 3. The largest absolute Gasteiger partial charge is 0.482 e. The molecule has 0 aromatic heterocycles. The fourth-order valence-corrected chi connectivity index (χ4v) is 4.18. The maximum Gasteiger partial charge on any atom is 0.344 e. The Bertz CT molecular complexity index is 992. The second-order valence-corrected chi connectivity index (χ2v) is 8.19. The predicted octanol–water partition coefficient (Wildman–Crippen LogP) is 1.70. The van der Waals surface area contributed by atoms with Crippen molar-refractivity contribution in [2.45, 2.75) is 11.5 Å². The van der Waals surface area contributed by atoms with Gasteiger partial charge in [0.2, 0.25) is 10.0 Å². The van der Waals surface area contributed by atoms with Crippen molar-refractivity contribution in [1.29, 1.82) is 5.26 Å². The highest BCUT2D eigenvalue weighted by molar-refractivity contribution is 7.89. The van der Waals surface area contributed by atoms with E-state index in [2.05, 4.69) is 0 Å². The van der Waals surface area contributed by atoms with Gasteiger partial charge in [-0.1, -0.05) is 12.1 Å². The van der Waals surface area contributed by atoms with Crippen molar-refractivity contribution in [3.8, 4) is 11.8 Å². The van der Waals surface area contributed by atoms with Gasteiger partial charge in [0.1, 0.15) is 12.4 Å². The number of nitriles is 1. The van der Waals surface area contributed by atoms with Crippen LogP contribution in [0.4, 0.5) is 0 Å². The Balaban J connectivity index is 1.54. The van der Waals surface area contributed by atoms with Crippen LogP contribution in [-0.4, -0.2) is 51.6 Å². The number of esters is 1. The summed E-state index contributed by atoms with van der Waals surface area (Å²) in [5.74, 6) is -0.143. The van der Waals surface area contributed by atoms with E-state index in [1.165, 1.54) is 16.4 Å². The highest BCUT2D eigenvalue weighted by Crippen LogP contribution is 2.19. The molecule has 0 radical (unpaired) electrons. The zero-order valence-electron chi connectivity index (χ0n) is 15.6. The molecule has 0 unspecified atom stereocenters. The quantitative estimate of drug-likeness (QED) is 0.633. The number of hydrogen-bond donors (Lipinski definition) is 0. The van der Waals surface area contributed by atoms with E-state index >= 15 is 0 Å². The molecule has 1 saturated heterocycles. The average Bonchev–Trinajstić information content (AvgIpc) is 2.77. The number of morpholine rings is 1. The summed E-state index contributed by atoms with van der Waals surface area (Å²) in [5.41, 5.74) is 1.05. The standard InChI is InChI=1S/C20H20N2O6S/c21-13-16-4-6-18(7-5-16)27-15-20(23)28-14-17-2-1-3-19(12-17)29(24,25)22-8-10-26-11-9-22/h1-7,12H,8-11,14-15H2. The molecule has 0 N–H and O–H groups in total. The molecule has 9 heteroatoms. The van der Waals surface area contributed by atoms with Gasteiger partial charge < -0.3 is 14.2 Å². The maximum absolute atomic E-state index is 12.7. The lowest BCUT2D eigenvalue weighted by Crippen LogP contribution is -2.40. The van der Waals surface area contributed by atoms with Gasteiger partial charge in [-0.2, -0.15) is 9.57 Å². The molecule has 0 atom stereocenters. The summed E-state index contributed by atoms with van der Waals surface area (Å²) in [7, 11) is -3.61. The van der Waals surface area contributed by atoms with Crippen LogP contribution < -0.4 is 4.74 Å². The highest BCUT2D eigenvalue weighted by Gasteiger charge is 2.26. The first kappa shape index (κ1) is 20.8. The molecule has 29 heavy (non-hydrogen) atoms. The number of sulfonamides is 1. The van der Waals surface area contributed by atoms with Crippen LogP contribution in [0.25, 0.3) is 0 Å². The van der Waals surface area contributed by atoms with Crippen molar-refractivity contribution in [3.63, 3.8) is 0 Å². The molecule has 0 aliphatic carbocycles. The molecule has 0 bridgehead atoms. The fraction of sp³-hybridized carbons (Fsp3) is 0.300. The Hall–Kier alpha value is -2.93. The van der Waals surface area contributed by atoms with Crippen LogP contribution in [0.5, 0.6) is 5.75 Å². The minimum absolute atomic E-state index is 0.0674. The van der Waals surface area contributed by atoms with E-state index in [0.717, 1.165) is 0 Å². The third kappa shape index (κ3) is 5.54. The van der Waals surface area contributed by atoms with Crippen LogP contribution in [0.2, 0.25) is 0 Å². The number of hydrogen-bond acceptors (Lipinski definition) is 7. The van der Waals surface area contributed by atoms with E-state index in [1.807, 2.05) is 6.07 Å². The van der Waals surface area contributed by atoms with E-state index in [0.29, 0.717) is 43.2 Å². The first-order valence-corrected chi connectivity index (χ1v) is 10.4. The molecule has 1 aliphatic heterocycles. The van der Waals surface area contributed by atoms with Gasteiger partial charge in [-0.05, 0) is 42.0 Å². The Labute approximate surface area is 169 Å². The number of nitrogens with zero attached hydrogens (tertiary/aromatic N) is 2. The molecule has 8 nitrogen and oxygen atoms in total. The summed E-state index contributed by atoms with van der Waals surface area (Å²) in [5, 5.41) is 8.76. The lowest BCUT2D eigenvalue weighted by Gasteiger charge is -2.26. The summed E-state index contributed by atoms with van der Waals surface area (Å²) >= 11 is 0. The lowest BCUT2D eigenvalue weighted by molar-refractivity contribution is -0.147. The van der Waals surface area contributed by atoms with Crippen molar-refractivity contribution < 1.29 is 27.4 Å². The highest BCUT2D eigenvalue weighted by atomic mass is 32.2. The summed E-state index contributed by atoms with van der Waals surface area (Å²) in [6.45, 7) is 1.01. The van der Waals surface area contributed by atoms with Crippen LogP contribution in [0.3, 0.4) is 0 Å². The van der Waals surface area contributed by atoms with Gasteiger partial charge in [0.15, 0.2) is 6.61 Å². The first-order chi connectivity index (χ1) is 14.0. The number of benzene rings is 2. The van der Waals surface area contributed by atoms with Gasteiger partial charge in [-0.25, -0.2) is 13.2 Å². The molecule has 1 aliphatic rings. The van der Waals surface area contributed by atoms with Gasteiger partial charge in [-0.3, -0.25) is 0 Å². The average molecular weight is 416 g/mol. The summed E-state index contributed by atoms with van der Waals surface area (Å²) < 4.78 is 42.5. The Kier molecular flexibility index (Phi) is 6.82. The molecular weight excluding hydrogens is 396 g/mol. The van der Waals surface area contributed by atoms with Gasteiger partial charge in [0.25, 0.3) is 0 Å². The number of carbonyl (C=O) groups excluding carboxylic acids is 1. The topological polar surface area (TPSA) is 106 Å². The van der Waals surface area contributed by atoms with Crippen molar-refractivity contribution in [1.82, 2.24) is 4.31 Å². The van der Waals surface area contributed by atoms with Crippen LogP contribution in [0.15, 0.2) is 53.4 Å².